The molecule has 10 heteroatoms. The molecule has 4 heterocycles. The van der Waals surface area contributed by atoms with Crippen LogP contribution in [0.2, 0.25) is 0 Å². The molecular formula is C23H32N6O3S. The summed E-state index contributed by atoms with van der Waals surface area (Å²) < 4.78 is 32.9. The van der Waals surface area contributed by atoms with Crippen LogP contribution in [-0.4, -0.2) is 76.5 Å². The largest absolute Gasteiger partial charge is 0.337 e. The molecule has 1 unspecified atom stereocenters. The molecule has 9 nitrogen and oxygen atoms in total. The summed E-state index contributed by atoms with van der Waals surface area (Å²) in [4.78, 5) is 7.17. The summed E-state index contributed by atoms with van der Waals surface area (Å²) in [5.41, 5.74) is 2.02. The van der Waals surface area contributed by atoms with E-state index in [0.717, 1.165) is 68.3 Å². The van der Waals surface area contributed by atoms with Gasteiger partial charge in [-0.2, -0.15) is 14.8 Å². The molecule has 0 radical (unpaired) electrons. The molecule has 33 heavy (non-hydrogen) atoms. The van der Waals surface area contributed by atoms with E-state index in [2.05, 4.69) is 23.0 Å². The molecule has 2 aliphatic rings. The first-order chi connectivity index (χ1) is 15.9. The van der Waals surface area contributed by atoms with Crippen LogP contribution in [0.25, 0.3) is 16.9 Å². The fourth-order valence-corrected chi connectivity index (χ4v) is 6.17. The molecule has 2 fully saturated rings. The van der Waals surface area contributed by atoms with Gasteiger partial charge in [-0.3, -0.25) is 0 Å². The third-order valence-electron chi connectivity index (χ3n) is 7.02. The lowest BCUT2D eigenvalue weighted by Gasteiger charge is -2.36. The van der Waals surface area contributed by atoms with Crippen molar-refractivity contribution in [1.29, 1.82) is 0 Å². The molecule has 5 rings (SSSR count). The third kappa shape index (κ3) is 4.69. The van der Waals surface area contributed by atoms with Gasteiger partial charge < -0.3 is 9.42 Å². The molecule has 178 valence electrons. The van der Waals surface area contributed by atoms with E-state index in [1.165, 1.54) is 6.26 Å². The highest BCUT2D eigenvalue weighted by Crippen LogP contribution is 2.29. The Morgan fingerprint density at radius 2 is 1.91 bits per heavy atom. The van der Waals surface area contributed by atoms with E-state index < -0.39 is 10.0 Å². The molecule has 1 aromatic carbocycles. The first-order valence-electron chi connectivity index (χ1n) is 11.9. The normalized spacial score (nSPS) is 21.7. The molecule has 2 aromatic heterocycles. The van der Waals surface area contributed by atoms with E-state index in [-0.39, 0.29) is 5.92 Å². The van der Waals surface area contributed by atoms with Crippen molar-refractivity contribution >= 4 is 20.9 Å². The maximum atomic E-state index is 11.9. The lowest BCUT2D eigenvalue weighted by Crippen LogP contribution is -2.44. The topological polar surface area (TPSA) is 97.4 Å². The van der Waals surface area contributed by atoms with Crippen molar-refractivity contribution in [3.8, 4) is 5.95 Å². The second-order valence-electron chi connectivity index (χ2n) is 9.37. The zero-order valence-corrected chi connectivity index (χ0v) is 20.2. The van der Waals surface area contributed by atoms with Crippen LogP contribution in [0.5, 0.6) is 0 Å². The van der Waals surface area contributed by atoms with Crippen LogP contribution in [-0.2, 0) is 16.4 Å². The van der Waals surface area contributed by atoms with Gasteiger partial charge in [0.25, 0.3) is 5.95 Å². The molecule has 3 aromatic rings. The average molecular weight is 473 g/mol. The standard InChI is InChI=1S/C23H32N6O3S/c1-3-20-19-8-4-5-9-21(19)29(25-20)23-24-22(32-26-23)18-10-13-27(14-11-18)15-17-7-6-12-28(16-17)33(2,30)31/h4-5,8-9,17-18H,3,6-7,10-16H2,1-2H3. The Kier molecular flexibility index (Phi) is 6.24. The van der Waals surface area contributed by atoms with Gasteiger partial charge in [0.15, 0.2) is 0 Å². The quantitative estimate of drug-likeness (QED) is 0.544. The Bertz CT molecular complexity index is 1210. The summed E-state index contributed by atoms with van der Waals surface area (Å²) in [6, 6.07) is 8.13. The summed E-state index contributed by atoms with van der Waals surface area (Å²) in [5, 5.41) is 10.1. The fraction of sp³-hybridized carbons (Fsp3) is 0.609. The highest BCUT2D eigenvalue weighted by Gasteiger charge is 2.30. The number of likely N-dealkylation sites (tertiary alicyclic amines) is 1. The van der Waals surface area contributed by atoms with Gasteiger partial charge in [0.2, 0.25) is 15.9 Å². The summed E-state index contributed by atoms with van der Waals surface area (Å²) in [5.74, 6) is 1.82. The zero-order valence-electron chi connectivity index (χ0n) is 19.4. The number of rotatable bonds is 6. The number of sulfonamides is 1. The van der Waals surface area contributed by atoms with E-state index in [0.29, 0.717) is 30.8 Å². The maximum Gasteiger partial charge on any atom is 0.291 e. The van der Waals surface area contributed by atoms with Crippen LogP contribution in [0, 0.1) is 5.92 Å². The molecule has 1 atom stereocenters. The molecular weight excluding hydrogens is 440 g/mol. The summed E-state index contributed by atoms with van der Waals surface area (Å²) >= 11 is 0. The van der Waals surface area contributed by atoms with E-state index in [1.54, 1.807) is 8.99 Å². The van der Waals surface area contributed by atoms with Gasteiger partial charge in [0.05, 0.1) is 17.5 Å². The van der Waals surface area contributed by atoms with Crippen LogP contribution in [0.4, 0.5) is 0 Å². The van der Waals surface area contributed by atoms with Crippen molar-refractivity contribution in [2.24, 2.45) is 5.92 Å². The lowest BCUT2D eigenvalue weighted by atomic mass is 9.94. The average Bonchev–Trinajstić information content (AvgIpc) is 3.44. The van der Waals surface area contributed by atoms with E-state index in [1.807, 2.05) is 18.2 Å². The van der Waals surface area contributed by atoms with Gasteiger partial charge in [0, 0.05) is 30.9 Å². The van der Waals surface area contributed by atoms with E-state index in [4.69, 9.17) is 14.6 Å². The predicted molar refractivity (Wildman–Crippen MR) is 126 cm³/mol. The Labute approximate surface area is 194 Å². The number of aromatic nitrogens is 4. The third-order valence-corrected chi connectivity index (χ3v) is 8.29. The molecule has 0 amide bonds. The first kappa shape index (κ1) is 22.5. The molecule has 0 saturated carbocycles. The second-order valence-corrected chi connectivity index (χ2v) is 11.3. The van der Waals surface area contributed by atoms with E-state index >= 15 is 0 Å². The molecule has 0 bridgehead atoms. The highest BCUT2D eigenvalue weighted by atomic mass is 32.2. The van der Waals surface area contributed by atoms with Crippen LogP contribution in [0.15, 0.2) is 28.8 Å². The summed E-state index contributed by atoms with van der Waals surface area (Å²) in [7, 11) is -3.10. The smallest absolute Gasteiger partial charge is 0.291 e. The Balaban J connectivity index is 1.22. The number of hydrogen-bond acceptors (Lipinski definition) is 7. The van der Waals surface area contributed by atoms with Crippen molar-refractivity contribution in [1.82, 2.24) is 29.1 Å². The summed E-state index contributed by atoms with van der Waals surface area (Å²) in [6.45, 7) is 6.27. The molecule has 2 aliphatic heterocycles. The number of benzene rings is 1. The van der Waals surface area contributed by atoms with Gasteiger partial charge in [-0.25, -0.2) is 12.7 Å². The minimum atomic E-state index is -3.10. The van der Waals surface area contributed by atoms with Crippen molar-refractivity contribution in [3.63, 3.8) is 0 Å². The van der Waals surface area contributed by atoms with Crippen LogP contribution in [0.1, 0.15) is 50.1 Å². The first-order valence-corrected chi connectivity index (χ1v) is 13.7. The van der Waals surface area contributed by atoms with Crippen LogP contribution < -0.4 is 0 Å². The molecule has 2 saturated heterocycles. The Morgan fingerprint density at radius 1 is 1.12 bits per heavy atom. The minimum Gasteiger partial charge on any atom is -0.337 e. The lowest BCUT2D eigenvalue weighted by molar-refractivity contribution is 0.143. The van der Waals surface area contributed by atoms with E-state index in [9.17, 15) is 8.42 Å². The van der Waals surface area contributed by atoms with Gasteiger partial charge >= 0.3 is 0 Å². The van der Waals surface area contributed by atoms with Crippen molar-refractivity contribution in [3.05, 3.63) is 35.9 Å². The van der Waals surface area contributed by atoms with Crippen molar-refractivity contribution in [2.75, 3.05) is 39.0 Å². The predicted octanol–water partition coefficient (Wildman–Crippen LogP) is 2.82. The van der Waals surface area contributed by atoms with Gasteiger partial charge in [-0.05, 0) is 62.3 Å². The van der Waals surface area contributed by atoms with Crippen molar-refractivity contribution < 1.29 is 12.9 Å². The number of nitrogens with zero attached hydrogens (tertiary/aromatic N) is 6. The maximum absolute atomic E-state index is 11.9. The van der Waals surface area contributed by atoms with Crippen molar-refractivity contribution in [2.45, 2.75) is 44.9 Å². The monoisotopic (exact) mass is 472 g/mol. The molecule has 0 spiro atoms. The number of para-hydroxylation sites is 1. The number of fused-ring (bicyclic) bond motifs is 1. The Morgan fingerprint density at radius 3 is 2.67 bits per heavy atom. The molecule has 0 aliphatic carbocycles. The minimum absolute atomic E-state index is 0.244. The summed E-state index contributed by atoms with van der Waals surface area (Å²) in [6.07, 6.45) is 6.13. The molecule has 0 N–H and O–H groups in total. The number of hydrogen-bond donors (Lipinski definition) is 0. The van der Waals surface area contributed by atoms with Gasteiger partial charge in [-0.1, -0.05) is 25.1 Å². The number of aryl methyl sites for hydroxylation is 1. The fourth-order valence-electron chi connectivity index (χ4n) is 5.23. The number of piperidine rings is 2. The highest BCUT2D eigenvalue weighted by molar-refractivity contribution is 7.88. The van der Waals surface area contributed by atoms with Crippen LogP contribution >= 0.6 is 0 Å². The second kappa shape index (κ2) is 9.15. The van der Waals surface area contributed by atoms with Gasteiger partial charge in [0.1, 0.15) is 0 Å². The SMILES string of the molecule is CCc1nn(-c2noc(C3CCN(CC4CCCN(S(C)(=O)=O)C4)CC3)n2)c2ccccc12. The Hall–Kier alpha value is -2.30. The zero-order chi connectivity index (χ0) is 23.0. The van der Waals surface area contributed by atoms with Crippen LogP contribution in [0.3, 0.4) is 0 Å². The van der Waals surface area contributed by atoms with Gasteiger partial charge in [-0.15, -0.1) is 0 Å².